The van der Waals surface area contributed by atoms with Gasteiger partial charge in [-0.05, 0) is 25.7 Å². The summed E-state index contributed by atoms with van der Waals surface area (Å²) < 4.78 is 10.9. The lowest BCUT2D eigenvalue weighted by molar-refractivity contribution is -0.127. The van der Waals surface area contributed by atoms with Crippen molar-refractivity contribution in [1.82, 2.24) is 15.3 Å². The van der Waals surface area contributed by atoms with E-state index in [9.17, 15) is 4.79 Å². The molecule has 0 saturated carbocycles. The van der Waals surface area contributed by atoms with Gasteiger partial charge in [-0.25, -0.2) is 4.98 Å². The number of ether oxygens (including phenoxy) is 2. The Morgan fingerprint density at radius 2 is 2.22 bits per heavy atom. The van der Waals surface area contributed by atoms with Crippen LogP contribution in [0.4, 0.5) is 5.82 Å². The Bertz CT molecular complexity index is 485. The molecule has 2 saturated heterocycles. The first-order chi connectivity index (χ1) is 11.3. The standard InChI is InChI=1S/C16H24N4O3/c21-16(12-22-11-14-2-1-9-23-14)19-13-3-7-20(8-4-13)15-10-17-5-6-18-15/h5-6,10,13-14H,1-4,7-9,11-12H2,(H,19,21)/t14-/m1/s1. The molecule has 2 aliphatic heterocycles. The molecule has 0 unspecified atom stereocenters. The van der Waals surface area contributed by atoms with Crippen molar-refractivity contribution in [2.75, 3.05) is 37.8 Å². The van der Waals surface area contributed by atoms with Gasteiger partial charge in [0, 0.05) is 38.1 Å². The molecule has 1 N–H and O–H groups in total. The van der Waals surface area contributed by atoms with Gasteiger partial charge in [-0.2, -0.15) is 0 Å². The van der Waals surface area contributed by atoms with E-state index in [2.05, 4.69) is 20.2 Å². The van der Waals surface area contributed by atoms with Gasteiger partial charge in [0.25, 0.3) is 0 Å². The fourth-order valence-corrected chi connectivity index (χ4v) is 3.04. The van der Waals surface area contributed by atoms with Crippen LogP contribution in [0.5, 0.6) is 0 Å². The third kappa shape index (κ3) is 4.87. The van der Waals surface area contributed by atoms with Crippen LogP contribution >= 0.6 is 0 Å². The second-order valence-electron chi connectivity index (χ2n) is 6.04. The lowest BCUT2D eigenvalue weighted by atomic mass is 10.1. The van der Waals surface area contributed by atoms with E-state index in [-0.39, 0.29) is 24.7 Å². The van der Waals surface area contributed by atoms with Crippen LogP contribution in [0.1, 0.15) is 25.7 Å². The number of amides is 1. The Labute approximate surface area is 136 Å². The maximum Gasteiger partial charge on any atom is 0.246 e. The fourth-order valence-electron chi connectivity index (χ4n) is 3.04. The molecule has 0 aromatic carbocycles. The van der Waals surface area contributed by atoms with Crippen molar-refractivity contribution in [1.29, 1.82) is 0 Å². The van der Waals surface area contributed by atoms with Crippen LogP contribution in [-0.4, -0.2) is 60.9 Å². The smallest absolute Gasteiger partial charge is 0.246 e. The molecule has 3 heterocycles. The minimum absolute atomic E-state index is 0.0408. The molecular formula is C16H24N4O3. The summed E-state index contributed by atoms with van der Waals surface area (Å²) in [6, 6.07) is 0.210. The molecular weight excluding hydrogens is 296 g/mol. The highest BCUT2D eigenvalue weighted by Gasteiger charge is 2.22. The summed E-state index contributed by atoms with van der Waals surface area (Å²) in [5, 5.41) is 3.05. The van der Waals surface area contributed by atoms with E-state index in [4.69, 9.17) is 9.47 Å². The molecule has 0 radical (unpaired) electrons. The normalized spacial score (nSPS) is 22.3. The number of aromatic nitrogens is 2. The summed E-state index contributed by atoms with van der Waals surface area (Å²) >= 11 is 0. The summed E-state index contributed by atoms with van der Waals surface area (Å²) in [6.45, 7) is 3.19. The minimum atomic E-state index is -0.0408. The highest BCUT2D eigenvalue weighted by atomic mass is 16.5. The average molecular weight is 320 g/mol. The van der Waals surface area contributed by atoms with Gasteiger partial charge in [0.05, 0.1) is 18.9 Å². The van der Waals surface area contributed by atoms with Gasteiger partial charge in [0.1, 0.15) is 12.4 Å². The minimum Gasteiger partial charge on any atom is -0.376 e. The molecule has 1 atom stereocenters. The number of piperidine rings is 1. The highest BCUT2D eigenvalue weighted by molar-refractivity contribution is 5.77. The van der Waals surface area contributed by atoms with Crippen LogP contribution in [0.3, 0.4) is 0 Å². The lowest BCUT2D eigenvalue weighted by Gasteiger charge is -2.32. The van der Waals surface area contributed by atoms with Crippen LogP contribution in [0.2, 0.25) is 0 Å². The molecule has 2 fully saturated rings. The van der Waals surface area contributed by atoms with Crippen molar-refractivity contribution >= 4 is 11.7 Å². The number of nitrogens with one attached hydrogen (secondary N) is 1. The Balaban J connectivity index is 1.32. The van der Waals surface area contributed by atoms with Gasteiger partial charge < -0.3 is 19.7 Å². The largest absolute Gasteiger partial charge is 0.376 e. The average Bonchev–Trinajstić information content (AvgIpc) is 3.10. The third-order valence-electron chi connectivity index (χ3n) is 4.29. The molecule has 1 aromatic heterocycles. The van der Waals surface area contributed by atoms with Gasteiger partial charge >= 0.3 is 0 Å². The van der Waals surface area contributed by atoms with E-state index in [1.165, 1.54) is 0 Å². The molecule has 0 aliphatic carbocycles. The van der Waals surface area contributed by atoms with Crippen LogP contribution in [0.25, 0.3) is 0 Å². The zero-order valence-electron chi connectivity index (χ0n) is 13.3. The second kappa shape index (κ2) is 8.21. The molecule has 1 aromatic rings. The second-order valence-corrected chi connectivity index (χ2v) is 6.04. The number of carbonyl (C=O) groups excluding carboxylic acids is 1. The highest BCUT2D eigenvalue weighted by Crippen LogP contribution is 2.16. The van der Waals surface area contributed by atoms with Crippen molar-refractivity contribution in [2.45, 2.75) is 37.8 Å². The first kappa shape index (κ1) is 16.1. The van der Waals surface area contributed by atoms with Crippen molar-refractivity contribution in [2.24, 2.45) is 0 Å². The van der Waals surface area contributed by atoms with E-state index in [0.717, 1.165) is 51.2 Å². The van der Waals surface area contributed by atoms with Gasteiger partial charge in [0.15, 0.2) is 0 Å². The van der Waals surface area contributed by atoms with Crippen molar-refractivity contribution < 1.29 is 14.3 Å². The van der Waals surface area contributed by atoms with Crippen molar-refractivity contribution in [3.8, 4) is 0 Å². The van der Waals surface area contributed by atoms with Crippen LogP contribution < -0.4 is 10.2 Å². The molecule has 3 rings (SSSR count). The number of rotatable bonds is 6. The number of anilines is 1. The number of nitrogens with zero attached hydrogens (tertiary/aromatic N) is 3. The Kier molecular flexibility index (Phi) is 5.76. The van der Waals surface area contributed by atoms with Gasteiger partial charge in [-0.1, -0.05) is 0 Å². The van der Waals surface area contributed by atoms with E-state index < -0.39 is 0 Å². The molecule has 1 amide bonds. The first-order valence-corrected chi connectivity index (χ1v) is 8.31. The molecule has 0 bridgehead atoms. The molecule has 2 aliphatic rings. The van der Waals surface area contributed by atoms with E-state index in [1.54, 1.807) is 18.6 Å². The van der Waals surface area contributed by atoms with Crippen molar-refractivity contribution in [3.05, 3.63) is 18.6 Å². The maximum absolute atomic E-state index is 11.9. The van der Waals surface area contributed by atoms with Gasteiger partial charge in [0.2, 0.25) is 5.91 Å². The Morgan fingerprint density at radius 3 is 2.91 bits per heavy atom. The van der Waals surface area contributed by atoms with E-state index in [0.29, 0.717) is 6.61 Å². The lowest BCUT2D eigenvalue weighted by Crippen LogP contribution is -2.46. The van der Waals surface area contributed by atoms with Gasteiger partial charge in [-0.3, -0.25) is 9.78 Å². The quantitative estimate of drug-likeness (QED) is 0.834. The monoisotopic (exact) mass is 320 g/mol. The summed E-state index contributed by atoms with van der Waals surface area (Å²) in [5.74, 6) is 0.859. The van der Waals surface area contributed by atoms with Crippen LogP contribution in [0, 0.1) is 0 Å². The van der Waals surface area contributed by atoms with Gasteiger partial charge in [-0.15, -0.1) is 0 Å². The molecule has 7 nitrogen and oxygen atoms in total. The topological polar surface area (TPSA) is 76.6 Å². The number of hydrogen-bond acceptors (Lipinski definition) is 6. The molecule has 0 spiro atoms. The predicted octanol–water partition coefficient (Wildman–Crippen LogP) is 0.757. The number of carbonyl (C=O) groups is 1. The molecule has 126 valence electrons. The number of hydrogen-bond donors (Lipinski definition) is 1. The summed E-state index contributed by atoms with van der Waals surface area (Å²) in [4.78, 5) is 22.5. The van der Waals surface area contributed by atoms with Crippen molar-refractivity contribution in [3.63, 3.8) is 0 Å². The SMILES string of the molecule is O=C(COC[C@H]1CCCO1)NC1CCN(c2cnccn2)CC1. The fraction of sp³-hybridized carbons (Fsp3) is 0.688. The zero-order valence-corrected chi connectivity index (χ0v) is 13.3. The molecule has 23 heavy (non-hydrogen) atoms. The Morgan fingerprint density at radius 1 is 1.35 bits per heavy atom. The Hall–Kier alpha value is -1.73. The van der Waals surface area contributed by atoms with E-state index >= 15 is 0 Å². The van der Waals surface area contributed by atoms with Crippen LogP contribution in [0.15, 0.2) is 18.6 Å². The zero-order chi connectivity index (χ0) is 15.9. The van der Waals surface area contributed by atoms with Crippen LogP contribution in [-0.2, 0) is 14.3 Å². The predicted molar refractivity (Wildman–Crippen MR) is 85.2 cm³/mol. The first-order valence-electron chi connectivity index (χ1n) is 8.31. The summed E-state index contributed by atoms with van der Waals surface area (Å²) in [6.07, 6.45) is 9.26. The third-order valence-corrected chi connectivity index (χ3v) is 4.29. The summed E-state index contributed by atoms with van der Waals surface area (Å²) in [7, 11) is 0. The maximum atomic E-state index is 11.9. The summed E-state index contributed by atoms with van der Waals surface area (Å²) in [5.41, 5.74) is 0. The van der Waals surface area contributed by atoms with E-state index in [1.807, 2.05) is 0 Å². The molecule has 7 heteroatoms.